The molecule has 3 aromatic rings. The summed E-state index contributed by atoms with van der Waals surface area (Å²) in [5.41, 5.74) is 2.26. The zero-order chi connectivity index (χ0) is 18.6. The van der Waals surface area contributed by atoms with Gasteiger partial charge in [0.2, 0.25) is 0 Å². The summed E-state index contributed by atoms with van der Waals surface area (Å²) in [5, 5.41) is 3.30. The normalized spacial score (nSPS) is 17.6. The molecule has 3 heterocycles. The molecular weight excluding hydrogens is 354 g/mol. The predicted octanol–water partition coefficient (Wildman–Crippen LogP) is 3.95. The largest absolute Gasteiger partial charge is 0.347 e. The lowest BCUT2D eigenvalue weighted by molar-refractivity contribution is 0.373. The van der Waals surface area contributed by atoms with Gasteiger partial charge in [0.15, 0.2) is 5.13 Å². The van der Waals surface area contributed by atoms with E-state index in [4.69, 9.17) is 9.97 Å². The number of likely N-dealkylation sites (N-methyl/N-ethyl adjacent to an activating group) is 1. The first-order valence-electron chi connectivity index (χ1n) is 9.62. The second-order valence-corrected chi connectivity index (χ2v) is 8.29. The Morgan fingerprint density at radius 2 is 2.07 bits per heavy atom. The topological polar surface area (TPSA) is 37.2 Å². The molecule has 1 aliphatic rings. The van der Waals surface area contributed by atoms with E-state index in [1.807, 2.05) is 12.3 Å². The number of aromatic nitrogens is 3. The van der Waals surface area contributed by atoms with Crippen LogP contribution in [0.2, 0.25) is 0 Å². The van der Waals surface area contributed by atoms with Crippen molar-refractivity contribution < 1.29 is 0 Å². The number of benzene rings is 1. The number of piperidine rings is 1. The minimum absolute atomic E-state index is 0.472. The van der Waals surface area contributed by atoms with Crippen molar-refractivity contribution in [1.82, 2.24) is 19.4 Å². The number of hydrogen-bond donors (Lipinski definition) is 0. The second-order valence-electron chi connectivity index (χ2n) is 7.45. The number of thiazole rings is 1. The molecule has 0 spiro atoms. The first-order chi connectivity index (χ1) is 13.2. The Bertz CT molecular complexity index is 854. The Morgan fingerprint density at radius 1 is 1.22 bits per heavy atom. The van der Waals surface area contributed by atoms with Crippen molar-refractivity contribution in [2.75, 3.05) is 38.6 Å². The number of rotatable bonds is 6. The van der Waals surface area contributed by atoms with Gasteiger partial charge in [0.1, 0.15) is 5.82 Å². The van der Waals surface area contributed by atoms with Crippen LogP contribution in [0.1, 0.15) is 24.6 Å². The van der Waals surface area contributed by atoms with Crippen LogP contribution in [-0.2, 0) is 6.54 Å². The third kappa shape index (κ3) is 4.22. The molecule has 1 fully saturated rings. The van der Waals surface area contributed by atoms with Crippen LogP contribution in [0.4, 0.5) is 5.13 Å². The minimum Gasteiger partial charge on any atom is -0.347 e. The van der Waals surface area contributed by atoms with Crippen molar-refractivity contribution in [1.29, 1.82) is 0 Å². The lowest BCUT2D eigenvalue weighted by Crippen LogP contribution is -2.35. The summed E-state index contributed by atoms with van der Waals surface area (Å²) in [6.45, 7) is 4.11. The summed E-state index contributed by atoms with van der Waals surface area (Å²) in [7, 11) is 4.23. The molecule has 0 radical (unpaired) electrons. The molecule has 1 saturated heterocycles. The van der Waals surface area contributed by atoms with Crippen LogP contribution in [0.15, 0.2) is 48.1 Å². The maximum absolute atomic E-state index is 4.91. The van der Waals surface area contributed by atoms with Crippen molar-refractivity contribution >= 4 is 16.5 Å². The van der Waals surface area contributed by atoms with E-state index in [-0.39, 0.29) is 0 Å². The van der Waals surface area contributed by atoms with E-state index in [0.717, 1.165) is 37.0 Å². The third-order valence-corrected chi connectivity index (χ3v) is 6.06. The quantitative estimate of drug-likeness (QED) is 0.648. The molecule has 0 amide bonds. The fourth-order valence-electron chi connectivity index (χ4n) is 3.69. The molecule has 0 saturated carbocycles. The summed E-state index contributed by atoms with van der Waals surface area (Å²) >= 11 is 1.75. The van der Waals surface area contributed by atoms with Crippen LogP contribution < -0.4 is 4.90 Å². The summed E-state index contributed by atoms with van der Waals surface area (Å²) in [5.74, 6) is 1.70. The lowest BCUT2D eigenvalue weighted by Gasteiger charge is -2.32. The van der Waals surface area contributed by atoms with E-state index in [1.54, 1.807) is 11.3 Å². The molecule has 0 bridgehead atoms. The molecule has 1 atom stereocenters. The Hall–Kier alpha value is -2.18. The molecule has 0 unspecified atom stereocenters. The van der Waals surface area contributed by atoms with E-state index < -0.39 is 0 Å². The third-order valence-electron chi connectivity index (χ3n) is 5.15. The second kappa shape index (κ2) is 8.23. The molecule has 2 aromatic heterocycles. The van der Waals surface area contributed by atoms with Crippen LogP contribution in [0.25, 0.3) is 11.3 Å². The average molecular weight is 382 g/mol. The lowest BCUT2D eigenvalue weighted by atomic mass is 9.97. The molecule has 1 aliphatic heterocycles. The smallest absolute Gasteiger partial charge is 0.185 e. The van der Waals surface area contributed by atoms with Crippen molar-refractivity contribution in [2.45, 2.75) is 25.3 Å². The Morgan fingerprint density at radius 3 is 2.89 bits per heavy atom. The first kappa shape index (κ1) is 18.2. The van der Waals surface area contributed by atoms with Gasteiger partial charge in [0.25, 0.3) is 0 Å². The number of imidazole rings is 1. The first-order valence-corrected chi connectivity index (χ1v) is 10.5. The molecule has 0 N–H and O–H groups in total. The molecule has 6 heteroatoms. The van der Waals surface area contributed by atoms with Gasteiger partial charge in [0, 0.05) is 55.4 Å². The fourth-order valence-corrected chi connectivity index (χ4v) is 4.56. The van der Waals surface area contributed by atoms with Gasteiger partial charge < -0.3 is 14.4 Å². The highest BCUT2D eigenvalue weighted by Gasteiger charge is 2.26. The summed E-state index contributed by atoms with van der Waals surface area (Å²) in [6.07, 6.45) is 6.45. The highest BCUT2D eigenvalue weighted by Crippen LogP contribution is 2.33. The molecule has 27 heavy (non-hydrogen) atoms. The molecule has 0 aliphatic carbocycles. The van der Waals surface area contributed by atoms with Crippen molar-refractivity contribution in [3.63, 3.8) is 0 Å². The Labute approximate surface area is 165 Å². The Balaban J connectivity index is 1.48. The van der Waals surface area contributed by atoms with Crippen LogP contribution in [0.3, 0.4) is 0 Å². The average Bonchev–Trinajstić information content (AvgIpc) is 3.37. The van der Waals surface area contributed by atoms with Crippen LogP contribution >= 0.6 is 11.3 Å². The van der Waals surface area contributed by atoms with Crippen LogP contribution in [0, 0.1) is 0 Å². The number of anilines is 1. The van der Waals surface area contributed by atoms with Crippen molar-refractivity contribution in [3.05, 3.63) is 53.9 Å². The standard InChI is InChI=1S/C21H27N5S/c1-24(2)13-14-25-12-10-22-20(25)18-9-6-11-26(15-18)21-23-19(16-27-21)17-7-4-3-5-8-17/h3-5,7-8,10,12,16,18H,6,9,11,13-15H2,1-2H3/t18-/m1/s1. The molecule has 142 valence electrons. The molecule has 5 nitrogen and oxygen atoms in total. The van der Waals surface area contributed by atoms with Gasteiger partial charge in [0.05, 0.1) is 5.69 Å². The fraction of sp³-hybridized carbons (Fsp3) is 0.429. The van der Waals surface area contributed by atoms with Crippen molar-refractivity contribution in [2.24, 2.45) is 0 Å². The molecular formula is C21H27N5S. The highest BCUT2D eigenvalue weighted by atomic mass is 32.1. The van der Waals surface area contributed by atoms with E-state index in [1.165, 1.54) is 24.2 Å². The van der Waals surface area contributed by atoms with Crippen LogP contribution in [0.5, 0.6) is 0 Å². The minimum atomic E-state index is 0.472. The van der Waals surface area contributed by atoms with Gasteiger partial charge in [-0.25, -0.2) is 9.97 Å². The predicted molar refractivity (Wildman–Crippen MR) is 113 cm³/mol. The molecule has 4 rings (SSSR count). The SMILES string of the molecule is CN(C)CCn1ccnc1[C@@H]1CCCN(c2nc(-c3ccccc3)cs2)C1. The van der Waals surface area contributed by atoms with Gasteiger partial charge in [-0.3, -0.25) is 0 Å². The zero-order valence-electron chi connectivity index (χ0n) is 16.1. The van der Waals surface area contributed by atoms with Crippen molar-refractivity contribution in [3.8, 4) is 11.3 Å². The van der Waals surface area contributed by atoms with E-state index in [2.05, 4.69) is 64.3 Å². The van der Waals surface area contributed by atoms with E-state index in [0.29, 0.717) is 5.92 Å². The van der Waals surface area contributed by atoms with Gasteiger partial charge in [-0.05, 0) is 26.9 Å². The maximum atomic E-state index is 4.91. The monoisotopic (exact) mass is 381 g/mol. The van der Waals surface area contributed by atoms with Gasteiger partial charge in [-0.15, -0.1) is 11.3 Å². The summed E-state index contributed by atoms with van der Waals surface area (Å²) in [4.78, 5) is 14.3. The number of nitrogens with zero attached hydrogens (tertiary/aromatic N) is 5. The maximum Gasteiger partial charge on any atom is 0.185 e. The summed E-state index contributed by atoms with van der Waals surface area (Å²) < 4.78 is 2.32. The highest BCUT2D eigenvalue weighted by molar-refractivity contribution is 7.14. The zero-order valence-corrected chi connectivity index (χ0v) is 16.9. The van der Waals surface area contributed by atoms with E-state index in [9.17, 15) is 0 Å². The van der Waals surface area contributed by atoms with Crippen LogP contribution in [-0.4, -0.2) is 53.2 Å². The molecule has 1 aromatic carbocycles. The van der Waals surface area contributed by atoms with Gasteiger partial charge in [-0.2, -0.15) is 0 Å². The van der Waals surface area contributed by atoms with E-state index >= 15 is 0 Å². The van der Waals surface area contributed by atoms with Gasteiger partial charge in [-0.1, -0.05) is 30.3 Å². The summed E-state index contributed by atoms with van der Waals surface area (Å²) in [6, 6.07) is 10.4. The number of hydrogen-bond acceptors (Lipinski definition) is 5. The van der Waals surface area contributed by atoms with Gasteiger partial charge >= 0.3 is 0 Å². The Kier molecular flexibility index (Phi) is 5.55.